The molecular weight excluding hydrogens is 333 g/mol. The van der Waals surface area contributed by atoms with Gasteiger partial charge in [0.05, 0.1) is 11.9 Å². The molecule has 0 radical (unpaired) electrons. The van der Waals surface area contributed by atoms with Crippen molar-refractivity contribution in [1.82, 2.24) is 19.7 Å². The first-order chi connectivity index (χ1) is 11.8. The summed E-state index contributed by atoms with van der Waals surface area (Å²) in [6.07, 6.45) is 2.00. The second-order valence-electron chi connectivity index (χ2n) is 7.26. The molecule has 1 atom stereocenters. The second kappa shape index (κ2) is 5.59. The van der Waals surface area contributed by atoms with E-state index >= 15 is 0 Å². The van der Waals surface area contributed by atoms with Gasteiger partial charge in [0.15, 0.2) is 0 Å². The van der Waals surface area contributed by atoms with Crippen molar-refractivity contribution in [2.45, 2.75) is 63.8 Å². The van der Waals surface area contributed by atoms with E-state index < -0.39 is 18.4 Å². The first-order valence-corrected chi connectivity index (χ1v) is 8.75. The number of halogens is 3. The van der Waals surface area contributed by atoms with Crippen molar-refractivity contribution in [2.75, 3.05) is 6.54 Å². The maximum atomic E-state index is 13.2. The molecule has 5 nitrogen and oxygen atoms in total. The highest BCUT2D eigenvalue weighted by Gasteiger charge is 2.37. The maximum Gasteiger partial charge on any atom is 0.408 e. The van der Waals surface area contributed by atoms with E-state index in [1.165, 1.54) is 10.8 Å². The van der Waals surface area contributed by atoms with Crippen LogP contribution in [0.4, 0.5) is 13.2 Å². The first-order valence-electron chi connectivity index (χ1n) is 8.75. The van der Waals surface area contributed by atoms with Gasteiger partial charge in [-0.15, -0.1) is 0 Å². The van der Waals surface area contributed by atoms with Crippen molar-refractivity contribution in [3.63, 3.8) is 0 Å². The van der Waals surface area contributed by atoms with Gasteiger partial charge in [0, 0.05) is 10.9 Å². The zero-order chi connectivity index (χ0) is 17.8. The van der Waals surface area contributed by atoms with Crippen molar-refractivity contribution >= 4 is 11.0 Å². The van der Waals surface area contributed by atoms with Gasteiger partial charge in [-0.3, -0.25) is 14.7 Å². The summed E-state index contributed by atoms with van der Waals surface area (Å²) in [5, 5.41) is 8.00. The molecule has 1 aliphatic heterocycles. The number of alkyl halides is 3. The van der Waals surface area contributed by atoms with Crippen LogP contribution in [0.5, 0.6) is 0 Å². The topological polar surface area (TPSA) is 51.9 Å². The van der Waals surface area contributed by atoms with Crippen LogP contribution < -0.4 is 10.9 Å². The number of pyridine rings is 1. The predicted octanol–water partition coefficient (Wildman–Crippen LogP) is 2.70. The highest BCUT2D eigenvalue weighted by molar-refractivity contribution is 5.81. The van der Waals surface area contributed by atoms with Gasteiger partial charge in [-0.05, 0) is 57.6 Å². The maximum absolute atomic E-state index is 13.2. The SMILES string of the molecule is C[C@@]1(n2c(=O)c3c(c4cnn(CC(F)(F)F)c42)CCCC3)CCCN1. The van der Waals surface area contributed by atoms with Crippen LogP contribution in [0, 0.1) is 0 Å². The fourth-order valence-corrected chi connectivity index (χ4v) is 4.31. The molecule has 4 rings (SSSR count). The minimum absolute atomic E-state index is 0.164. The Morgan fingerprint density at radius 2 is 1.96 bits per heavy atom. The molecule has 2 aliphatic rings. The Morgan fingerprint density at radius 1 is 1.24 bits per heavy atom. The third-order valence-electron chi connectivity index (χ3n) is 5.45. The van der Waals surface area contributed by atoms with Crippen LogP contribution in [0.25, 0.3) is 11.0 Å². The van der Waals surface area contributed by atoms with Gasteiger partial charge in [0.2, 0.25) is 0 Å². The molecule has 8 heteroatoms. The smallest absolute Gasteiger partial charge is 0.295 e. The highest BCUT2D eigenvalue weighted by Crippen LogP contribution is 2.33. The number of nitrogens with one attached hydrogen (secondary N) is 1. The molecule has 136 valence electrons. The van der Waals surface area contributed by atoms with E-state index in [4.69, 9.17) is 0 Å². The van der Waals surface area contributed by atoms with Crippen LogP contribution in [0.2, 0.25) is 0 Å². The zero-order valence-electron chi connectivity index (χ0n) is 14.1. The van der Waals surface area contributed by atoms with E-state index in [-0.39, 0.29) is 5.56 Å². The Kier molecular flexibility index (Phi) is 3.72. The third kappa shape index (κ3) is 2.67. The average Bonchev–Trinajstić information content (AvgIpc) is 3.14. The molecular formula is C17H21F3N4O. The molecule has 1 saturated heterocycles. The molecule has 0 amide bonds. The van der Waals surface area contributed by atoms with Gasteiger partial charge in [0.25, 0.3) is 5.56 Å². The molecule has 0 aromatic carbocycles. The number of hydrogen-bond donors (Lipinski definition) is 1. The van der Waals surface area contributed by atoms with E-state index in [2.05, 4.69) is 10.4 Å². The minimum Gasteiger partial charge on any atom is -0.295 e. The monoisotopic (exact) mass is 354 g/mol. The Bertz CT molecular complexity index is 875. The zero-order valence-corrected chi connectivity index (χ0v) is 14.1. The van der Waals surface area contributed by atoms with Gasteiger partial charge < -0.3 is 0 Å². The molecule has 2 aromatic rings. The molecule has 25 heavy (non-hydrogen) atoms. The number of aromatic nitrogens is 3. The van der Waals surface area contributed by atoms with Crippen molar-refractivity contribution < 1.29 is 13.2 Å². The van der Waals surface area contributed by atoms with Crippen LogP contribution >= 0.6 is 0 Å². The van der Waals surface area contributed by atoms with Crippen LogP contribution in [-0.2, 0) is 25.0 Å². The fourth-order valence-electron chi connectivity index (χ4n) is 4.31. The van der Waals surface area contributed by atoms with Gasteiger partial charge in [-0.25, -0.2) is 4.68 Å². The quantitative estimate of drug-likeness (QED) is 0.902. The van der Waals surface area contributed by atoms with Crippen molar-refractivity contribution in [3.8, 4) is 0 Å². The van der Waals surface area contributed by atoms with Gasteiger partial charge >= 0.3 is 6.18 Å². The van der Waals surface area contributed by atoms with Crippen molar-refractivity contribution in [3.05, 3.63) is 27.7 Å². The van der Waals surface area contributed by atoms with Crippen molar-refractivity contribution in [1.29, 1.82) is 0 Å². The largest absolute Gasteiger partial charge is 0.408 e. The molecule has 0 spiro atoms. The lowest BCUT2D eigenvalue weighted by Crippen LogP contribution is -2.48. The van der Waals surface area contributed by atoms with Gasteiger partial charge in [-0.2, -0.15) is 18.3 Å². The Hall–Kier alpha value is -1.83. The number of rotatable bonds is 2. The first kappa shape index (κ1) is 16.6. The Labute approximate surface area is 142 Å². The van der Waals surface area contributed by atoms with Crippen LogP contribution in [0.1, 0.15) is 43.7 Å². The van der Waals surface area contributed by atoms with Crippen molar-refractivity contribution in [2.24, 2.45) is 0 Å². The van der Waals surface area contributed by atoms with Gasteiger partial charge in [0.1, 0.15) is 12.2 Å². The second-order valence-corrected chi connectivity index (χ2v) is 7.26. The van der Waals surface area contributed by atoms with E-state index in [0.29, 0.717) is 23.9 Å². The summed E-state index contributed by atoms with van der Waals surface area (Å²) >= 11 is 0. The van der Waals surface area contributed by atoms with Crippen LogP contribution in [0.3, 0.4) is 0 Å². The lowest BCUT2D eigenvalue weighted by molar-refractivity contribution is -0.142. The number of aryl methyl sites for hydroxylation is 1. The summed E-state index contributed by atoms with van der Waals surface area (Å²) in [6.45, 7) is 1.45. The van der Waals surface area contributed by atoms with E-state index in [9.17, 15) is 18.0 Å². The highest BCUT2D eigenvalue weighted by atomic mass is 19.4. The minimum atomic E-state index is -4.39. The third-order valence-corrected chi connectivity index (χ3v) is 5.45. The molecule has 1 N–H and O–H groups in total. The van der Waals surface area contributed by atoms with E-state index in [0.717, 1.165) is 48.0 Å². The summed E-state index contributed by atoms with van der Waals surface area (Å²) in [7, 11) is 0. The normalized spacial score (nSPS) is 24.0. The van der Waals surface area contributed by atoms with Crippen LogP contribution in [0.15, 0.2) is 11.0 Å². The standard InChI is InChI=1S/C17H21F3N4O/c1-16(7-4-8-21-16)24-14-13(9-22-23(14)10-17(18,19)20)11-5-2-3-6-12(11)15(24)25/h9,21H,2-8,10H2,1H3/t16-/m1/s1. The number of nitrogens with zero attached hydrogens (tertiary/aromatic N) is 3. The van der Waals surface area contributed by atoms with Gasteiger partial charge in [-0.1, -0.05) is 0 Å². The Morgan fingerprint density at radius 3 is 2.60 bits per heavy atom. The summed E-state index contributed by atoms with van der Waals surface area (Å²) < 4.78 is 41.6. The molecule has 0 bridgehead atoms. The molecule has 0 unspecified atom stereocenters. The number of hydrogen-bond acceptors (Lipinski definition) is 3. The molecule has 1 aliphatic carbocycles. The summed E-state index contributed by atoms with van der Waals surface area (Å²) in [6, 6.07) is 0. The average molecular weight is 354 g/mol. The molecule has 3 heterocycles. The number of fused-ring (bicyclic) bond motifs is 3. The molecule has 2 aromatic heterocycles. The molecule has 1 fully saturated rings. The Balaban J connectivity index is 2.05. The summed E-state index contributed by atoms with van der Waals surface area (Å²) in [5.41, 5.74) is 1.09. The van der Waals surface area contributed by atoms with Crippen LogP contribution in [-0.4, -0.2) is 27.1 Å². The lowest BCUT2D eigenvalue weighted by atomic mass is 9.90. The van der Waals surface area contributed by atoms with E-state index in [1.54, 1.807) is 0 Å². The fraction of sp³-hybridized carbons (Fsp3) is 0.647. The summed E-state index contributed by atoms with van der Waals surface area (Å²) in [5.74, 6) is 0. The molecule has 0 saturated carbocycles. The van der Waals surface area contributed by atoms with E-state index in [1.807, 2.05) is 6.92 Å². The summed E-state index contributed by atoms with van der Waals surface area (Å²) in [4.78, 5) is 13.2. The predicted molar refractivity (Wildman–Crippen MR) is 87.6 cm³/mol. The lowest BCUT2D eigenvalue weighted by Gasteiger charge is -2.31.